The molecule has 2 unspecified atom stereocenters. The molecule has 2 saturated heterocycles. The van der Waals surface area contributed by atoms with Crippen molar-refractivity contribution in [3.8, 4) is 0 Å². The topological polar surface area (TPSA) is 32.8 Å². The average Bonchev–Trinajstić information content (AvgIpc) is 3.29. The number of carbonyl (C=O) groups excluding carboxylic acids is 1. The minimum absolute atomic E-state index is 0.00374. The van der Waals surface area contributed by atoms with Crippen LogP contribution in [0.1, 0.15) is 31.2 Å². The van der Waals surface area contributed by atoms with Crippen molar-refractivity contribution in [3.05, 3.63) is 47.2 Å². The SMILES string of the molecule is O=C1CSC(C2(c3ccc(Cl)cc3)CC=CO2)N1CCN1CCCCC1. The fraction of sp³-hybridized carbons (Fsp3) is 0.550. The molecule has 0 spiro atoms. The Morgan fingerprint density at radius 2 is 1.92 bits per heavy atom. The van der Waals surface area contributed by atoms with E-state index in [4.69, 9.17) is 16.3 Å². The number of amides is 1. The predicted octanol–water partition coefficient (Wildman–Crippen LogP) is 3.86. The summed E-state index contributed by atoms with van der Waals surface area (Å²) >= 11 is 7.78. The second kappa shape index (κ2) is 7.83. The summed E-state index contributed by atoms with van der Waals surface area (Å²) in [7, 11) is 0. The first-order chi connectivity index (χ1) is 12.7. The molecule has 6 heteroatoms. The first-order valence-corrected chi connectivity index (χ1v) is 10.8. The van der Waals surface area contributed by atoms with Crippen LogP contribution in [0, 0.1) is 0 Å². The molecule has 3 heterocycles. The van der Waals surface area contributed by atoms with Gasteiger partial charge in [-0.2, -0.15) is 0 Å². The minimum atomic E-state index is -0.511. The number of hydrogen-bond donors (Lipinski definition) is 0. The Bertz CT molecular complexity index is 665. The van der Waals surface area contributed by atoms with Crippen LogP contribution in [0.25, 0.3) is 0 Å². The number of halogens is 1. The number of hydrogen-bond acceptors (Lipinski definition) is 4. The van der Waals surface area contributed by atoms with Crippen molar-refractivity contribution in [2.45, 2.75) is 36.7 Å². The van der Waals surface area contributed by atoms with Crippen molar-refractivity contribution in [3.63, 3.8) is 0 Å². The van der Waals surface area contributed by atoms with Gasteiger partial charge in [-0.05, 0) is 49.7 Å². The molecule has 140 valence electrons. The fourth-order valence-electron chi connectivity index (χ4n) is 4.17. The van der Waals surface area contributed by atoms with Crippen molar-refractivity contribution in [2.75, 3.05) is 31.9 Å². The van der Waals surface area contributed by atoms with E-state index in [-0.39, 0.29) is 11.3 Å². The smallest absolute Gasteiger partial charge is 0.233 e. The molecule has 0 aliphatic carbocycles. The van der Waals surface area contributed by atoms with Gasteiger partial charge in [0.15, 0.2) is 5.60 Å². The van der Waals surface area contributed by atoms with Crippen LogP contribution in [0.3, 0.4) is 0 Å². The van der Waals surface area contributed by atoms with E-state index in [1.165, 1.54) is 19.3 Å². The molecule has 0 saturated carbocycles. The van der Waals surface area contributed by atoms with Crippen molar-refractivity contribution < 1.29 is 9.53 Å². The molecule has 2 atom stereocenters. The van der Waals surface area contributed by atoms with E-state index in [1.807, 2.05) is 29.2 Å². The van der Waals surface area contributed by atoms with Gasteiger partial charge in [0.2, 0.25) is 5.91 Å². The second-order valence-corrected chi connectivity index (χ2v) is 8.75. The summed E-state index contributed by atoms with van der Waals surface area (Å²) in [5.41, 5.74) is 0.575. The van der Waals surface area contributed by atoms with Gasteiger partial charge in [-0.15, -0.1) is 11.8 Å². The quantitative estimate of drug-likeness (QED) is 0.761. The van der Waals surface area contributed by atoms with Gasteiger partial charge in [0, 0.05) is 24.5 Å². The molecule has 4 rings (SSSR count). The number of thioether (sulfide) groups is 1. The zero-order valence-corrected chi connectivity index (χ0v) is 16.5. The average molecular weight is 393 g/mol. The molecular formula is C20H25ClN2O2S. The number of benzene rings is 1. The molecular weight excluding hydrogens is 368 g/mol. The summed E-state index contributed by atoms with van der Waals surface area (Å²) in [6.45, 7) is 4.03. The van der Waals surface area contributed by atoms with E-state index in [0.29, 0.717) is 10.8 Å². The zero-order valence-electron chi connectivity index (χ0n) is 14.9. The Morgan fingerprint density at radius 1 is 1.15 bits per heavy atom. The normalized spacial score (nSPS) is 29.3. The van der Waals surface area contributed by atoms with Crippen LogP contribution in [0.2, 0.25) is 5.02 Å². The van der Waals surface area contributed by atoms with Crippen molar-refractivity contribution >= 4 is 29.3 Å². The Morgan fingerprint density at radius 3 is 2.62 bits per heavy atom. The monoisotopic (exact) mass is 392 g/mol. The van der Waals surface area contributed by atoms with E-state index >= 15 is 0 Å². The molecule has 1 aromatic carbocycles. The highest BCUT2D eigenvalue weighted by Gasteiger charge is 2.51. The van der Waals surface area contributed by atoms with Crippen molar-refractivity contribution in [1.29, 1.82) is 0 Å². The maximum Gasteiger partial charge on any atom is 0.233 e. The molecule has 26 heavy (non-hydrogen) atoms. The van der Waals surface area contributed by atoms with Gasteiger partial charge < -0.3 is 14.5 Å². The number of piperidine rings is 1. The maximum atomic E-state index is 12.6. The van der Waals surface area contributed by atoms with E-state index in [9.17, 15) is 4.79 Å². The lowest BCUT2D eigenvalue weighted by Crippen LogP contribution is -2.50. The van der Waals surface area contributed by atoms with Crippen LogP contribution in [0.15, 0.2) is 36.6 Å². The van der Waals surface area contributed by atoms with Crippen LogP contribution in [-0.2, 0) is 15.1 Å². The van der Waals surface area contributed by atoms with Gasteiger partial charge >= 0.3 is 0 Å². The molecule has 0 bridgehead atoms. The van der Waals surface area contributed by atoms with E-state index < -0.39 is 5.60 Å². The first-order valence-electron chi connectivity index (χ1n) is 9.41. The lowest BCUT2D eigenvalue weighted by atomic mass is 9.90. The molecule has 3 aliphatic heterocycles. The van der Waals surface area contributed by atoms with Gasteiger partial charge in [0.25, 0.3) is 0 Å². The lowest BCUT2D eigenvalue weighted by Gasteiger charge is -2.40. The van der Waals surface area contributed by atoms with Crippen LogP contribution in [-0.4, -0.2) is 53.0 Å². The summed E-state index contributed by atoms with van der Waals surface area (Å²) in [5, 5.41) is 0.711. The van der Waals surface area contributed by atoms with E-state index in [2.05, 4.69) is 11.0 Å². The molecule has 1 aromatic rings. The molecule has 0 N–H and O–H groups in total. The summed E-state index contributed by atoms with van der Waals surface area (Å²) < 4.78 is 6.17. The molecule has 1 amide bonds. The zero-order chi connectivity index (χ0) is 18.0. The van der Waals surface area contributed by atoms with Gasteiger partial charge in [0.1, 0.15) is 5.37 Å². The summed E-state index contributed by atoms with van der Waals surface area (Å²) in [6.07, 6.45) is 8.49. The third kappa shape index (κ3) is 3.49. The molecule has 3 aliphatic rings. The number of rotatable bonds is 5. The number of carbonyl (C=O) groups is 1. The molecule has 2 fully saturated rings. The lowest BCUT2D eigenvalue weighted by molar-refractivity contribution is -0.132. The van der Waals surface area contributed by atoms with Crippen LogP contribution >= 0.6 is 23.4 Å². The number of likely N-dealkylation sites (tertiary alicyclic amines) is 1. The molecule has 0 aromatic heterocycles. The first kappa shape index (κ1) is 18.2. The number of nitrogens with zero attached hydrogens (tertiary/aromatic N) is 2. The predicted molar refractivity (Wildman–Crippen MR) is 106 cm³/mol. The Hall–Kier alpha value is -1.17. The summed E-state index contributed by atoms with van der Waals surface area (Å²) in [4.78, 5) is 17.2. The van der Waals surface area contributed by atoms with Gasteiger partial charge in [-0.1, -0.05) is 30.2 Å². The van der Waals surface area contributed by atoms with Gasteiger partial charge in [-0.25, -0.2) is 0 Å². The molecule has 0 radical (unpaired) electrons. The third-order valence-corrected chi connectivity index (χ3v) is 7.22. The maximum absolute atomic E-state index is 12.6. The Labute approximate surface area is 164 Å². The highest BCUT2D eigenvalue weighted by molar-refractivity contribution is 8.01. The third-order valence-electron chi connectivity index (χ3n) is 5.60. The second-order valence-electron chi connectivity index (χ2n) is 7.24. The summed E-state index contributed by atoms with van der Waals surface area (Å²) in [6, 6.07) is 7.86. The standard InChI is InChI=1S/C20H25ClN2O2S/c21-17-7-5-16(6-8-17)20(9-4-14-25-20)19-23(18(24)15-26-19)13-12-22-10-2-1-3-11-22/h4-8,14,19H,1-3,9-13,15H2. The van der Waals surface area contributed by atoms with Crippen molar-refractivity contribution in [2.24, 2.45) is 0 Å². The van der Waals surface area contributed by atoms with Gasteiger partial charge in [0.05, 0.1) is 12.0 Å². The Kier molecular flexibility index (Phi) is 5.48. The van der Waals surface area contributed by atoms with Crippen LogP contribution in [0.4, 0.5) is 0 Å². The highest BCUT2D eigenvalue weighted by atomic mass is 35.5. The van der Waals surface area contributed by atoms with Crippen LogP contribution in [0.5, 0.6) is 0 Å². The van der Waals surface area contributed by atoms with Gasteiger partial charge in [-0.3, -0.25) is 4.79 Å². The molecule has 4 nitrogen and oxygen atoms in total. The van der Waals surface area contributed by atoms with Crippen LogP contribution < -0.4 is 0 Å². The highest BCUT2D eigenvalue weighted by Crippen LogP contribution is 2.47. The Balaban J connectivity index is 1.54. The number of ether oxygens (including phenoxy) is 1. The fourth-order valence-corrected chi connectivity index (χ4v) is 5.73. The van der Waals surface area contributed by atoms with E-state index in [1.54, 1.807) is 18.0 Å². The summed E-state index contributed by atoms with van der Waals surface area (Å²) in [5.74, 6) is 0.754. The largest absolute Gasteiger partial charge is 0.487 e. The minimum Gasteiger partial charge on any atom is -0.487 e. The van der Waals surface area contributed by atoms with Crippen molar-refractivity contribution in [1.82, 2.24) is 9.80 Å². The van der Waals surface area contributed by atoms with E-state index in [0.717, 1.165) is 38.2 Å².